The summed E-state index contributed by atoms with van der Waals surface area (Å²) in [6.07, 6.45) is 10.2. The van der Waals surface area contributed by atoms with Crippen LogP contribution in [0.1, 0.15) is 43.2 Å². The van der Waals surface area contributed by atoms with E-state index in [-0.39, 0.29) is 6.04 Å². The van der Waals surface area contributed by atoms with E-state index in [1.807, 2.05) is 24.5 Å². The fourth-order valence-corrected chi connectivity index (χ4v) is 4.19. The molecule has 5 heterocycles. The van der Waals surface area contributed by atoms with Crippen LogP contribution >= 0.6 is 0 Å². The number of nitrogens with zero attached hydrogens (tertiary/aromatic N) is 6. The summed E-state index contributed by atoms with van der Waals surface area (Å²) >= 11 is 0. The summed E-state index contributed by atoms with van der Waals surface area (Å²) in [6, 6.07) is 8.28. The smallest absolute Gasteiger partial charge is 0.244 e. The molecule has 0 bridgehead atoms. The van der Waals surface area contributed by atoms with Crippen molar-refractivity contribution in [3.8, 4) is 11.4 Å². The molecule has 0 saturated carbocycles. The highest BCUT2D eigenvalue weighted by Gasteiger charge is 2.31. The molecule has 2 aliphatic heterocycles. The average molecular weight is 376 g/mol. The van der Waals surface area contributed by atoms with Crippen LogP contribution in [0.25, 0.3) is 11.4 Å². The topological polar surface area (TPSA) is 71.2 Å². The van der Waals surface area contributed by atoms with Crippen LogP contribution in [0, 0.1) is 0 Å². The standard InChI is InChI=1S/C21H24N6O/c1-2-11-26(10-1)19-13-17(7-9-23-19)20-24-21(28-25-20)18-6-4-12-27(18)15-16-5-3-8-22-14-16/h3,5,7-9,13-14,18H,1-2,4,6,10-12,15H2/t18-/m0/s1. The Morgan fingerprint density at radius 2 is 2.00 bits per heavy atom. The van der Waals surface area contributed by atoms with Gasteiger partial charge in [0, 0.05) is 43.8 Å². The normalized spacial score (nSPS) is 20.1. The highest BCUT2D eigenvalue weighted by atomic mass is 16.5. The first kappa shape index (κ1) is 17.3. The van der Waals surface area contributed by atoms with Crippen molar-refractivity contribution < 1.29 is 4.52 Å². The van der Waals surface area contributed by atoms with Crippen molar-refractivity contribution in [3.63, 3.8) is 0 Å². The van der Waals surface area contributed by atoms with Crippen LogP contribution in [0.2, 0.25) is 0 Å². The van der Waals surface area contributed by atoms with Crippen molar-refractivity contribution in [1.82, 2.24) is 25.0 Å². The van der Waals surface area contributed by atoms with Gasteiger partial charge in [-0.2, -0.15) is 4.98 Å². The van der Waals surface area contributed by atoms with Crippen molar-refractivity contribution in [1.29, 1.82) is 0 Å². The molecule has 144 valence electrons. The molecule has 0 radical (unpaired) electrons. The lowest BCUT2D eigenvalue weighted by atomic mass is 10.2. The van der Waals surface area contributed by atoms with Crippen molar-refractivity contribution in [2.24, 2.45) is 0 Å². The second-order valence-corrected chi connectivity index (χ2v) is 7.54. The Kier molecular flexibility index (Phi) is 4.74. The molecule has 2 fully saturated rings. The third-order valence-corrected chi connectivity index (χ3v) is 5.63. The van der Waals surface area contributed by atoms with Crippen LogP contribution in [0.5, 0.6) is 0 Å². The minimum atomic E-state index is 0.168. The largest absolute Gasteiger partial charge is 0.357 e. The number of hydrogen-bond donors (Lipinski definition) is 0. The minimum Gasteiger partial charge on any atom is -0.357 e. The lowest BCUT2D eigenvalue weighted by molar-refractivity contribution is 0.201. The van der Waals surface area contributed by atoms with Crippen molar-refractivity contribution in [2.45, 2.75) is 38.3 Å². The van der Waals surface area contributed by atoms with E-state index in [0.29, 0.717) is 11.7 Å². The Morgan fingerprint density at radius 3 is 2.86 bits per heavy atom. The van der Waals surface area contributed by atoms with Crippen LogP contribution < -0.4 is 4.90 Å². The summed E-state index contributed by atoms with van der Waals surface area (Å²) in [5.74, 6) is 2.35. The van der Waals surface area contributed by atoms with Crippen LogP contribution in [0.3, 0.4) is 0 Å². The lowest BCUT2D eigenvalue weighted by Gasteiger charge is -2.21. The summed E-state index contributed by atoms with van der Waals surface area (Å²) in [5.41, 5.74) is 2.17. The van der Waals surface area contributed by atoms with E-state index in [0.717, 1.165) is 50.4 Å². The fourth-order valence-electron chi connectivity index (χ4n) is 4.19. The van der Waals surface area contributed by atoms with E-state index >= 15 is 0 Å². The molecule has 0 aliphatic carbocycles. The molecule has 7 heteroatoms. The first-order valence-electron chi connectivity index (χ1n) is 10.0. The quantitative estimate of drug-likeness (QED) is 0.675. The van der Waals surface area contributed by atoms with Crippen LogP contribution in [-0.2, 0) is 6.54 Å². The number of likely N-dealkylation sites (tertiary alicyclic amines) is 1. The van der Waals surface area contributed by atoms with E-state index < -0.39 is 0 Å². The summed E-state index contributed by atoms with van der Waals surface area (Å²) in [7, 11) is 0. The molecule has 3 aromatic rings. The third-order valence-electron chi connectivity index (χ3n) is 5.63. The Morgan fingerprint density at radius 1 is 1.07 bits per heavy atom. The van der Waals surface area contributed by atoms with E-state index in [4.69, 9.17) is 9.51 Å². The van der Waals surface area contributed by atoms with Crippen molar-refractivity contribution in [3.05, 3.63) is 54.3 Å². The van der Waals surface area contributed by atoms with Gasteiger partial charge in [0.15, 0.2) is 0 Å². The predicted octanol–water partition coefficient (Wildman–Crippen LogP) is 3.46. The van der Waals surface area contributed by atoms with Crippen molar-refractivity contribution in [2.75, 3.05) is 24.5 Å². The van der Waals surface area contributed by atoms with Gasteiger partial charge in [0.05, 0.1) is 6.04 Å². The van der Waals surface area contributed by atoms with E-state index in [1.54, 1.807) is 6.20 Å². The van der Waals surface area contributed by atoms with Gasteiger partial charge in [-0.05, 0) is 56.0 Å². The summed E-state index contributed by atoms with van der Waals surface area (Å²) in [4.78, 5) is 18.2. The van der Waals surface area contributed by atoms with Gasteiger partial charge in [-0.1, -0.05) is 11.2 Å². The van der Waals surface area contributed by atoms with E-state index in [1.165, 1.54) is 18.4 Å². The van der Waals surface area contributed by atoms with Gasteiger partial charge in [-0.3, -0.25) is 9.88 Å². The first-order chi connectivity index (χ1) is 13.9. The maximum Gasteiger partial charge on any atom is 0.244 e. The molecule has 0 N–H and O–H groups in total. The average Bonchev–Trinajstić information content (AvgIpc) is 3.50. The summed E-state index contributed by atoms with van der Waals surface area (Å²) < 4.78 is 5.68. The van der Waals surface area contributed by atoms with Gasteiger partial charge >= 0.3 is 0 Å². The van der Waals surface area contributed by atoms with Crippen LogP contribution in [0.15, 0.2) is 47.4 Å². The van der Waals surface area contributed by atoms with Crippen LogP contribution in [0.4, 0.5) is 5.82 Å². The maximum atomic E-state index is 5.68. The molecular formula is C21H24N6O. The van der Waals surface area contributed by atoms with Gasteiger partial charge in [0.1, 0.15) is 5.82 Å². The second-order valence-electron chi connectivity index (χ2n) is 7.54. The number of anilines is 1. The summed E-state index contributed by atoms with van der Waals surface area (Å²) in [6.45, 7) is 4.02. The Labute approximate surface area is 164 Å². The number of hydrogen-bond acceptors (Lipinski definition) is 7. The number of pyridine rings is 2. The highest BCUT2D eigenvalue weighted by Crippen LogP contribution is 2.33. The molecular weight excluding hydrogens is 352 g/mol. The first-order valence-corrected chi connectivity index (χ1v) is 10.0. The second kappa shape index (κ2) is 7.67. The molecule has 2 saturated heterocycles. The third kappa shape index (κ3) is 3.49. The number of aromatic nitrogens is 4. The zero-order valence-electron chi connectivity index (χ0n) is 15.9. The van der Waals surface area contributed by atoms with Gasteiger partial charge in [0.2, 0.25) is 11.7 Å². The van der Waals surface area contributed by atoms with Gasteiger partial charge in [-0.15, -0.1) is 0 Å². The van der Waals surface area contributed by atoms with Crippen molar-refractivity contribution >= 4 is 5.82 Å². The van der Waals surface area contributed by atoms with Gasteiger partial charge < -0.3 is 9.42 Å². The Bertz CT molecular complexity index is 921. The monoisotopic (exact) mass is 376 g/mol. The minimum absolute atomic E-state index is 0.168. The highest BCUT2D eigenvalue weighted by molar-refractivity contribution is 5.59. The Balaban J connectivity index is 1.35. The zero-order valence-corrected chi connectivity index (χ0v) is 15.9. The fraction of sp³-hybridized carbons (Fsp3) is 0.429. The molecule has 3 aromatic heterocycles. The van der Waals surface area contributed by atoms with Gasteiger partial charge in [0.25, 0.3) is 0 Å². The van der Waals surface area contributed by atoms with Gasteiger partial charge in [-0.25, -0.2) is 4.98 Å². The molecule has 0 amide bonds. The molecule has 5 rings (SSSR count). The number of rotatable bonds is 5. The molecule has 2 aliphatic rings. The molecule has 7 nitrogen and oxygen atoms in total. The summed E-state index contributed by atoms with van der Waals surface area (Å²) in [5, 5.41) is 4.27. The van der Waals surface area contributed by atoms with E-state index in [2.05, 4.69) is 37.1 Å². The molecule has 0 unspecified atom stereocenters. The molecule has 1 atom stereocenters. The SMILES string of the molecule is c1cncc(CN2CCC[C@H]2c2nc(-c3ccnc(N4CCCC4)c3)no2)c1. The van der Waals surface area contributed by atoms with E-state index in [9.17, 15) is 0 Å². The maximum absolute atomic E-state index is 5.68. The Hall–Kier alpha value is -2.80. The predicted molar refractivity (Wildman–Crippen MR) is 106 cm³/mol. The molecule has 28 heavy (non-hydrogen) atoms. The zero-order chi connectivity index (χ0) is 18.8. The molecule has 0 aromatic carbocycles. The van der Waals surface area contributed by atoms with Crippen LogP contribution in [-0.4, -0.2) is 44.6 Å². The lowest BCUT2D eigenvalue weighted by Crippen LogP contribution is -2.23. The molecule has 0 spiro atoms.